The van der Waals surface area contributed by atoms with Gasteiger partial charge in [-0.25, -0.2) is 0 Å². The molecular formula is C25H29NO6. The Morgan fingerprint density at radius 2 is 1.75 bits per heavy atom. The molecule has 1 amide bonds. The van der Waals surface area contributed by atoms with Crippen molar-refractivity contribution in [3.05, 3.63) is 64.7 Å². The van der Waals surface area contributed by atoms with E-state index in [1.807, 2.05) is 19.1 Å². The summed E-state index contributed by atoms with van der Waals surface area (Å²) >= 11 is 0. The number of aryl methyl sites for hydroxylation is 1. The Kier molecular flexibility index (Phi) is 7.53. The van der Waals surface area contributed by atoms with Crippen LogP contribution in [0.1, 0.15) is 36.1 Å². The number of hydrogen-bond donors (Lipinski definition) is 1. The maximum Gasteiger partial charge on any atom is 0.295 e. The van der Waals surface area contributed by atoms with E-state index >= 15 is 0 Å². The summed E-state index contributed by atoms with van der Waals surface area (Å²) in [5.41, 5.74) is 2.18. The number of aliphatic hydroxyl groups excluding tert-OH is 1. The summed E-state index contributed by atoms with van der Waals surface area (Å²) in [5, 5.41) is 11.2. The van der Waals surface area contributed by atoms with Crippen LogP contribution in [0.25, 0.3) is 5.76 Å². The molecule has 1 aliphatic rings. The topological polar surface area (TPSA) is 85.3 Å². The Bertz CT molecular complexity index is 1010. The predicted molar refractivity (Wildman–Crippen MR) is 121 cm³/mol. The van der Waals surface area contributed by atoms with Crippen molar-refractivity contribution < 1.29 is 28.9 Å². The first-order valence-electron chi connectivity index (χ1n) is 10.6. The fourth-order valence-electron chi connectivity index (χ4n) is 3.99. The second-order valence-corrected chi connectivity index (χ2v) is 7.47. The summed E-state index contributed by atoms with van der Waals surface area (Å²) in [6.07, 6.45) is 1.39. The Labute approximate surface area is 188 Å². The van der Waals surface area contributed by atoms with Gasteiger partial charge in [-0.15, -0.1) is 0 Å². The van der Waals surface area contributed by atoms with Crippen LogP contribution in [0, 0.1) is 0 Å². The third kappa shape index (κ3) is 4.34. The van der Waals surface area contributed by atoms with E-state index in [-0.39, 0.29) is 17.9 Å². The molecule has 1 unspecified atom stereocenters. The number of rotatable bonds is 9. The van der Waals surface area contributed by atoms with Gasteiger partial charge in [0.15, 0.2) is 11.5 Å². The monoisotopic (exact) mass is 439 g/mol. The minimum atomic E-state index is -0.817. The van der Waals surface area contributed by atoms with Gasteiger partial charge in [0.25, 0.3) is 11.7 Å². The molecule has 0 aliphatic carbocycles. The van der Waals surface area contributed by atoms with E-state index in [0.717, 1.165) is 12.0 Å². The average molecular weight is 440 g/mol. The SMILES string of the molecule is CCc1ccc(/C(O)=C2\C(=O)C(=O)N(CCCOC)C2c2cccc(OC)c2OC)cc1. The number of likely N-dealkylation sites (tertiary alicyclic amines) is 1. The number of Topliss-reactive ketones (excluding diaryl/α,β-unsaturated/α-hetero) is 1. The van der Waals surface area contributed by atoms with Crippen LogP contribution in [0.5, 0.6) is 11.5 Å². The fourth-order valence-corrected chi connectivity index (χ4v) is 3.99. The Hall–Kier alpha value is -3.32. The summed E-state index contributed by atoms with van der Waals surface area (Å²) in [5.74, 6) is -0.724. The van der Waals surface area contributed by atoms with E-state index in [2.05, 4.69) is 0 Å². The van der Waals surface area contributed by atoms with Crippen molar-refractivity contribution in [2.75, 3.05) is 34.5 Å². The number of hydrogen-bond acceptors (Lipinski definition) is 6. The maximum atomic E-state index is 13.1. The van der Waals surface area contributed by atoms with Gasteiger partial charge >= 0.3 is 0 Å². The molecule has 7 heteroatoms. The number of aliphatic hydroxyl groups is 1. The lowest BCUT2D eigenvalue weighted by atomic mass is 9.94. The molecule has 1 fully saturated rings. The van der Waals surface area contributed by atoms with E-state index in [0.29, 0.717) is 35.7 Å². The summed E-state index contributed by atoms with van der Waals surface area (Å²) in [6.45, 7) is 2.76. The van der Waals surface area contributed by atoms with Crippen molar-refractivity contribution in [2.24, 2.45) is 0 Å². The van der Waals surface area contributed by atoms with E-state index in [4.69, 9.17) is 14.2 Å². The first-order valence-corrected chi connectivity index (χ1v) is 10.6. The summed E-state index contributed by atoms with van der Waals surface area (Å²) in [6, 6.07) is 11.8. The van der Waals surface area contributed by atoms with Crippen molar-refractivity contribution >= 4 is 17.4 Å². The summed E-state index contributed by atoms with van der Waals surface area (Å²) in [7, 11) is 4.60. The Balaban J connectivity index is 2.20. The average Bonchev–Trinajstić information content (AvgIpc) is 3.08. The highest BCUT2D eigenvalue weighted by Crippen LogP contribution is 2.45. The number of methoxy groups -OCH3 is 3. The van der Waals surface area contributed by atoms with Crippen LogP contribution in [-0.4, -0.2) is 56.2 Å². The van der Waals surface area contributed by atoms with Crippen LogP contribution >= 0.6 is 0 Å². The van der Waals surface area contributed by atoms with Gasteiger partial charge in [-0.05, 0) is 24.5 Å². The standard InChI is InChI=1S/C25H29NO6/c1-5-16-10-12-17(13-11-16)22(27)20-21(18-8-6-9-19(31-3)24(18)32-4)26(14-7-15-30-2)25(29)23(20)28/h6,8-13,21,27H,5,7,14-15H2,1-4H3/b22-20+. The molecule has 3 rings (SSSR count). The number of nitrogens with zero attached hydrogens (tertiary/aromatic N) is 1. The summed E-state index contributed by atoms with van der Waals surface area (Å²) in [4.78, 5) is 27.6. The molecule has 1 atom stereocenters. The van der Waals surface area contributed by atoms with E-state index in [1.165, 1.54) is 19.1 Å². The van der Waals surface area contributed by atoms with Crippen LogP contribution in [0.2, 0.25) is 0 Å². The lowest BCUT2D eigenvalue weighted by Gasteiger charge is -2.27. The van der Waals surface area contributed by atoms with Crippen LogP contribution in [0.3, 0.4) is 0 Å². The maximum absolute atomic E-state index is 13.1. The molecule has 0 saturated carbocycles. The zero-order chi connectivity index (χ0) is 23.3. The molecule has 1 N–H and O–H groups in total. The van der Waals surface area contributed by atoms with Gasteiger partial charge in [0.1, 0.15) is 5.76 Å². The van der Waals surface area contributed by atoms with Gasteiger partial charge in [-0.1, -0.05) is 43.3 Å². The van der Waals surface area contributed by atoms with Crippen molar-refractivity contribution in [2.45, 2.75) is 25.8 Å². The molecule has 2 aromatic rings. The number of benzene rings is 2. The van der Waals surface area contributed by atoms with Gasteiger partial charge in [-0.2, -0.15) is 0 Å². The van der Waals surface area contributed by atoms with Crippen molar-refractivity contribution in [3.8, 4) is 11.5 Å². The molecule has 1 heterocycles. The molecule has 1 saturated heterocycles. The lowest BCUT2D eigenvalue weighted by molar-refractivity contribution is -0.140. The molecule has 1 aliphatic heterocycles. The third-order valence-corrected chi connectivity index (χ3v) is 5.65. The van der Waals surface area contributed by atoms with Crippen molar-refractivity contribution in [1.29, 1.82) is 0 Å². The molecular weight excluding hydrogens is 410 g/mol. The molecule has 0 aromatic heterocycles. The quantitative estimate of drug-likeness (QED) is 0.277. The van der Waals surface area contributed by atoms with Crippen molar-refractivity contribution in [3.63, 3.8) is 0 Å². The lowest BCUT2D eigenvalue weighted by Crippen LogP contribution is -2.31. The highest BCUT2D eigenvalue weighted by Gasteiger charge is 2.47. The highest BCUT2D eigenvalue weighted by atomic mass is 16.5. The van der Waals surface area contributed by atoms with Gasteiger partial charge in [0.05, 0.1) is 25.8 Å². The molecule has 0 spiro atoms. The number of para-hydroxylation sites is 1. The number of amides is 1. The Morgan fingerprint density at radius 1 is 1.03 bits per heavy atom. The summed E-state index contributed by atoms with van der Waals surface area (Å²) < 4.78 is 16.1. The molecule has 170 valence electrons. The van der Waals surface area contributed by atoms with Crippen LogP contribution < -0.4 is 9.47 Å². The highest BCUT2D eigenvalue weighted by molar-refractivity contribution is 6.46. The largest absolute Gasteiger partial charge is 0.507 e. The number of carbonyl (C=O) groups excluding carboxylic acids is 2. The second-order valence-electron chi connectivity index (χ2n) is 7.47. The fraction of sp³-hybridized carbons (Fsp3) is 0.360. The number of ether oxygens (including phenoxy) is 3. The third-order valence-electron chi connectivity index (χ3n) is 5.65. The molecule has 0 radical (unpaired) electrons. The van der Waals surface area contributed by atoms with Crippen LogP contribution in [0.15, 0.2) is 48.0 Å². The van der Waals surface area contributed by atoms with E-state index in [1.54, 1.807) is 37.4 Å². The smallest absolute Gasteiger partial charge is 0.295 e. The minimum absolute atomic E-state index is 0.0308. The first-order chi connectivity index (χ1) is 15.5. The molecule has 0 bridgehead atoms. The normalized spacial score (nSPS) is 17.6. The zero-order valence-electron chi connectivity index (χ0n) is 18.9. The number of ketones is 1. The predicted octanol–water partition coefficient (Wildman–Crippen LogP) is 3.72. The van der Waals surface area contributed by atoms with Crippen molar-refractivity contribution in [1.82, 2.24) is 4.90 Å². The molecule has 7 nitrogen and oxygen atoms in total. The Morgan fingerprint density at radius 3 is 2.34 bits per heavy atom. The van der Waals surface area contributed by atoms with Gasteiger partial charge in [-0.3, -0.25) is 9.59 Å². The number of carbonyl (C=O) groups is 2. The van der Waals surface area contributed by atoms with Crippen LogP contribution in [-0.2, 0) is 20.7 Å². The zero-order valence-corrected chi connectivity index (χ0v) is 18.9. The van der Waals surface area contributed by atoms with Crippen LogP contribution in [0.4, 0.5) is 0 Å². The second kappa shape index (κ2) is 10.3. The van der Waals surface area contributed by atoms with Gasteiger partial charge in [0.2, 0.25) is 0 Å². The van der Waals surface area contributed by atoms with E-state index in [9.17, 15) is 14.7 Å². The van der Waals surface area contributed by atoms with E-state index < -0.39 is 17.7 Å². The first kappa shape index (κ1) is 23.3. The molecule has 2 aromatic carbocycles. The minimum Gasteiger partial charge on any atom is -0.507 e. The molecule has 32 heavy (non-hydrogen) atoms. The van der Waals surface area contributed by atoms with Gasteiger partial charge in [0, 0.05) is 31.4 Å². The van der Waals surface area contributed by atoms with Gasteiger partial charge < -0.3 is 24.2 Å².